The summed E-state index contributed by atoms with van der Waals surface area (Å²) in [6, 6.07) is 8.93. The van der Waals surface area contributed by atoms with Crippen molar-refractivity contribution in [3.63, 3.8) is 0 Å². The summed E-state index contributed by atoms with van der Waals surface area (Å²) < 4.78 is 15.2. The van der Waals surface area contributed by atoms with E-state index in [0.717, 1.165) is 31.5 Å². The minimum atomic E-state index is -0.120. The Kier molecular flexibility index (Phi) is 4.47. The van der Waals surface area contributed by atoms with Crippen molar-refractivity contribution in [1.29, 1.82) is 0 Å². The Balaban J connectivity index is 1.68. The number of aryl methyl sites for hydroxylation is 1. The number of aromatic nitrogens is 2. The molecule has 18 heavy (non-hydrogen) atoms. The summed E-state index contributed by atoms with van der Waals surface area (Å²) in [7, 11) is 1.94. The molecule has 1 aromatic carbocycles. The van der Waals surface area contributed by atoms with Crippen molar-refractivity contribution in [2.75, 3.05) is 13.1 Å². The summed E-state index contributed by atoms with van der Waals surface area (Å²) in [4.78, 5) is 0. The minimum Gasteiger partial charge on any atom is -0.316 e. The Morgan fingerprint density at radius 1 is 1.17 bits per heavy atom. The lowest BCUT2D eigenvalue weighted by Gasteiger charge is -2.06. The van der Waals surface area contributed by atoms with Crippen molar-refractivity contribution < 1.29 is 4.39 Å². The SMILES string of the molecule is Cn1nccc1CCNCCc1ccccc1F. The monoisotopic (exact) mass is 247 g/mol. The lowest BCUT2D eigenvalue weighted by Crippen LogP contribution is -2.21. The predicted molar refractivity (Wildman–Crippen MR) is 69.9 cm³/mol. The Bertz CT molecular complexity index is 493. The first-order chi connectivity index (χ1) is 8.77. The third kappa shape index (κ3) is 3.40. The van der Waals surface area contributed by atoms with Crippen molar-refractivity contribution in [2.45, 2.75) is 12.8 Å². The largest absolute Gasteiger partial charge is 0.316 e. The number of rotatable bonds is 6. The van der Waals surface area contributed by atoms with Crippen LogP contribution in [0, 0.1) is 5.82 Å². The fraction of sp³-hybridized carbons (Fsp3) is 0.357. The lowest BCUT2D eigenvalue weighted by molar-refractivity contribution is 0.594. The first-order valence-electron chi connectivity index (χ1n) is 6.18. The van der Waals surface area contributed by atoms with Crippen LogP contribution in [0.25, 0.3) is 0 Å². The van der Waals surface area contributed by atoms with Crippen molar-refractivity contribution in [3.8, 4) is 0 Å². The van der Waals surface area contributed by atoms with Crippen molar-refractivity contribution in [1.82, 2.24) is 15.1 Å². The molecule has 0 aliphatic heterocycles. The van der Waals surface area contributed by atoms with E-state index in [1.54, 1.807) is 12.3 Å². The summed E-state index contributed by atoms with van der Waals surface area (Å²) in [6.45, 7) is 1.67. The highest BCUT2D eigenvalue weighted by Gasteiger charge is 2.00. The second kappa shape index (κ2) is 6.31. The molecule has 0 aliphatic rings. The zero-order valence-electron chi connectivity index (χ0n) is 10.6. The zero-order valence-corrected chi connectivity index (χ0v) is 10.6. The van der Waals surface area contributed by atoms with Crippen LogP contribution in [0.3, 0.4) is 0 Å². The number of benzene rings is 1. The van der Waals surface area contributed by atoms with E-state index in [-0.39, 0.29) is 5.82 Å². The maximum absolute atomic E-state index is 13.3. The van der Waals surface area contributed by atoms with Gasteiger partial charge in [0.15, 0.2) is 0 Å². The molecule has 2 rings (SSSR count). The standard InChI is InChI=1S/C14H18FN3/c1-18-13(8-11-17-18)7-10-16-9-6-12-4-2-3-5-14(12)15/h2-5,8,11,16H,6-7,9-10H2,1H3. The van der Waals surface area contributed by atoms with E-state index in [1.165, 1.54) is 11.8 Å². The van der Waals surface area contributed by atoms with Crippen LogP contribution in [0.1, 0.15) is 11.3 Å². The average molecular weight is 247 g/mol. The Morgan fingerprint density at radius 2 is 1.94 bits per heavy atom. The molecule has 0 bridgehead atoms. The first kappa shape index (κ1) is 12.8. The fourth-order valence-corrected chi connectivity index (χ4v) is 1.91. The summed E-state index contributed by atoms with van der Waals surface area (Å²) >= 11 is 0. The Hall–Kier alpha value is -1.68. The molecular formula is C14H18FN3. The normalized spacial score (nSPS) is 10.8. The quantitative estimate of drug-likeness (QED) is 0.791. The van der Waals surface area contributed by atoms with Crippen LogP contribution in [0.15, 0.2) is 36.5 Å². The third-order valence-electron chi connectivity index (χ3n) is 3.01. The minimum absolute atomic E-state index is 0.120. The van der Waals surface area contributed by atoms with Crippen LogP contribution in [-0.2, 0) is 19.9 Å². The molecule has 0 radical (unpaired) electrons. The highest BCUT2D eigenvalue weighted by atomic mass is 19.1. The topological polar surface area (TPSA) is 29.9 Å². The average Bonchev–Trinajstić information content (AvgIpc) is 2.77. The maximum Gasteiger partial charge on any atom is 0.126 e. The second-order valence-electron chi connectivity index (χ2n) is 4.29. The van der Waals surface area contributed by atoms with Gasteiger partial charge >= 0.3 is 0 Å². The van der Waals surface area contributed by atoms with Crippen molar-refractivity contribution in [3.05, 3.63) is 53.6 Å². The van der Waals surface area contributed by atoms with Crippen molar-refractivity contribution in [2.24, 2.45) is 7.05 Å². The molecule has 0 saturated carbocycles. The molecule has 96 valence electrons. The highest BCUT2D eigenvalue weighted by Crippen LogP contribution is 2.06. The molecule has 2 aromatic rings. The molecule has 0 fully saturated rings. The number of hydrogen-bond acceptors (Lipinski definition) is 2. The van der Waals surface area contributed by atoms with Crippen LogP contribution in [0.2, 0.25) is 0 Å². The summed E-state index contributed by atoms with van der Waals surface area (Å²) in [5.74, 6) is -0.120. The van der Waals surface area contributed by atoms with Gasteiger partial charge in [-0.25, -0.2) is 4.39 Å². The van der Waals surface area contributed by atoms with E-state index in [1.807, 2.05) is 29.9 Å². The molecule has 0 amide bonds. The van der Waals surface area contributed by atoms with Gasteiger partial charge in [0.2, 0.25) is 0 Å². The van der Waals surface area contributed by atoms with Gasteiger partial charge in [-0.05, 0) is 30.7 Å². The highest BCUT2D eigenvalue weighted by molar-refractivity contribution is 5.17. The molecule has 0 spiro atoms. The summed E-state index contributed by atoms with van der Waals surface area (Å²) in [5.41, 5.74) is 1.97. The van der Waals surface area contributed by atoms with E-state index in [4.69, 9.17) is 0 Å². The number of hydrogen-bond donors (Lipinski definition) is 1. The van der Waals surface area contributed by atoms with Gasteiger partial charge in [0, 0.05) is 31.9 Å². The molecular weight excluding hydrogens is 229 g/mol. The van der Waals surface area contributed by atoms with Crippen LogP contribution in [0.5, 0.6) is 0 Å². The van der Waals surface area contributed by atoms with Gasteiger partial charge in [-0.1, -0.05) is 18.2 Å². The number of halogens is 1. The van der Waals surface area contributed by atoms with Crippen LogP contribution < -0.4 is 5.32 Å². The maximum atomic E-state index is 13.3. The van der Waals surface area contributed by atoms with Gasteiger partial charge in [-0.2, -0.15) is 5.10 Å². The van der Waals surface area contributed by atoms with Gasteiger partial charge < -0.3 is 5.32 Å². The molecule has 3 nitrogen and oxygen atoms in total. The van der Waals surface area contributed by atoms with Gasteiger partial charge in [-0.15, -0.1) is 0 Å². The molecule has 0 atom stereocenters. The lowest BCUT2D eigenvalue weighted by atomic mass is 10.1. The zero-order chi connectivity index (χ0) is 12.8. The van der Waals surface area contributed by atoms with Gasteiger partial charge in [0.05, 0.1) is 0 Å². The molecule has 0 aliphatic carbocycles. The molecule has 4 heteroatoms. The molecule has 1 aromatic heterocycles. The van der Waals surface area contributed by atoms with Gasteiger partial charge in [0.1, 0.15) is 5.82 Å². The van der Waals surface area contributed by atoms with E-state index in [9.17, 15) is 4.39 Å². The number of nitrogens with one attached hydrogen (secondary N) is 1. The smallest absolute Gasteiger partial charge is 0.126 e. The van der Waals surface area contributed by atoms with E-state index in [2.05, 4.69) is 10.4 Å². The Morgan fingerprint density at radius 3 is 2.67 bits per heavy atom. The third-order valence-corrected chi connectivity index (χ3v) is 3.01. The predicted octanol–water partition coefficient (Wildman–Crippen LogP) is 1.93. The number of nitrogens with zero attached hydrogens (tertiary/aromatic N) is 2. The van der Waals surface area contributed by atoms with E-state index >= 15 is 0 Å². The fourth-order valence-electron chi connectivity index (χ4n) is 1.91. The molecule has 1 heterocycles. The van der Waals surface area contributed by atoms with Gasteiger partial charge in [0.25, 0.3) is 0 Å². The van der Waals surface area contributed by atoms with Crippen LogP contribution in [0.4, 0.5) is 4.39 Å². The van der Waals surface area contributed by atoms with Crippen LogP contribution in [-0.4, -0.2) is 22.9 Å². The summed E-state index contributed by atoms with van der Waals surface area (Å²) in [6.07, 6.45) is 3.46. The van der Waals surface area contributed by atoms with Gasteiger partial charge in [-0.3, -0.25) is 4.68 Å². The van der Waals surface area contributed by atoms with E-state index in [0.29, 0.717) is 0 Å². The van der Waals surface area contributed by atoms with Crippen molar-refractivity contribution >= 4 is 0 Å². The Labute approximate surface area is 107 Å². The van der Waals surface area contributed by atoms with E-state index < -0.39 is 0 Å². The molecule has 0 saturated heterocycles. The molecule has 0 unspecified atom stereocenters. The molecule has 1 N–H and O–H groups in total. The second-order valence-corrected chi connectivity index (χ2v) is 4.29. The van der Waals surface area contributed by atoms with Crippen LogP contribution >= 0.6 is 0 Å². The summed E-state index contributed by atoms with van der Waals surface area (Å²) in [5, 5.41) is 7.43. The first-order valence-corrected chi connectivity index (χ1v) is 6.18.